The van der Waals surface area contributed by atoms with Crippen LogP contribution in [0, 0.1) is 0 Å². The van der Waals surface area contributed by atoms with Crippen LogP contribution in [0.1, 0.15) is 45.7 Å². The highest BCUT2D eigenvalue weighted by atomic mass is 15.1. The molecule has 0 saturated heterocycles. The van der Waals surface area contributed by atoms with Gasteiger partial charge >= 0.3 is 0 Å². The molecule has 0 aromatic heterocycles. The van der Waals surface area contributed by atoms with Crippen molar-refractivity contribution in [3.8, 4) is 0 Å². The monoisotopic (exact) mass is 248 g/mol. The quantitative estimate of drug-likeness (QED) is 0.795. The van der Waals surface area contributed by atoms with Crippen LogP contribution in [0.3, 0.4) is 0 Å². The number of nitrogens with zero attached hydrogens (tertiary/aromatic N) is 1. The van der Waals surface area contributed by atoms with Crippen molar-refractivity contribution in [2.75, 3.05) is 6.54 Å². The summed E-state index contributed by atoms with van der Waals surface area (Å²) in [7, 11) is 0. The molecule has 0 amide bonds. The molecular formula is C16H28N2. The molecule has 2 heteroatoms. The van der Waals surface area contributed by atoms with E-state index in [9.17, 15) is 0 Å². The highest BCUT2D eigenvalue weighted by molar-refractivity contribution is 5.22. The van der Waals surface area contributed by atoms with Gasteiger partial charge in [0.15, 0.2) is 0 Å². The largest absolute Gasteiger partial charge is 0.310 e. The van der Waals surface area contributed by atoms with Crippen LogP contribution in [0.2, 0.25) is 0 Å². The summed E-state index contributed by atoms with van der Waals surface area (Å²) in [6.45, 7) is 14.2. The minimum absolute atomic E-state index is 0.543. The maximum absolute atomic E-state index is 3.44. The molecule has 2 nitrogen and oxygen atoms in total. The SMILES string of the molecule is CCN(Cc1ccc(CNC(C)C)cc1)C(C)C. The van der Waals surface area contributed by atoms with Crippen LogP contribution in [0.4, 0.5) is 0 Å². The first-order chi connectivity index (χ1) is 8.52. The van der Waals surface area contributed by atoms with Gasteiger partial charge in [0.25, 0.3) is 0 Å². The number of hydrogen-bond donors (Lipinski definition) is 1. The Balaban J connectivity index is 2.54. The van der Waals surface area contributed by atoms with Crippen LogP contribution in [-0.4, -0.2) is 23.5 Å². The van der Waals surface area contributed by atoms with E-state index in [0.29, 0.717) is 12.1 Å². The van der Waals surface area contributed by atoms with E-state index in [0.717, 1.165) is 19.6 Å². The van der Waals surface area contributed by atoms with Crippen molar-refractivity contribution in [1.82, 2.24) is 10.2 Å². The predicted octanol–water partition coefficient (Wildman–Crippen LogP) is 3.41. The molecular weight excluding hydrogens is 220 g/mol. The fourth-order valence-corrected chi connectivity index (χ4v) is 1.98. The Bertz CT molecular complexity index is 327. The summed E-state index contributed by atoms with van der Waals surface area (Å²) in [4.78, 5) is 2.47. The van der Waals surface area contributed by atoms with Gasteiger partial charge in [-0.15, -0.1) is 0 Å². The smallest absolute Gasteiger partial charge is 0.0236 e. The van der Waals surface area contributed by atoms with Crippen LogP contribution >= 0.6 is 0 Å². The second-order valence-electron chi connectivity index (χ2n) is 5.51. The van der Waals surface area contributed by atoms with Crippen LogP contribution in [0.5, 0.6) is 0 Å². The fourth-order valence-electron chi connectivity index (χ4n) is 1.98. The summed E-state index contributed by atoms with van der Waals surface area (Å²) in [5, 5.41) is 3.44. The maximum atomic E-state index is 3.44. The zero-order chi connectivity index (χ0) is 13.5. The molecule has 102 valence electrons. The molecule has 0 saturated carbocycles. The predicted molar refractivity (Wildman–Crippen MR) is 79.6 cm³/mol. The molecule has 1 N–H and O–H groups in total. The van der Waals surface area contributed by atoms with Crippen molar-refractivity contribution in [2.45, 2.75) is 59.8 Å². The standard InChI is InChI=1S/C16H28N2/c1-6-18(14(4)5)12-16-9-7-15(8-10-16)11-17-13(2)3/h7-10,13-14,17H,6,11-12H2,1-5H3. The fraction of sp³-hybridized carbons (Fsp3) is 0.625. The zero-order valence-corrected chi connectivity index (χ0v) is 12.5. The van der Waals surface area contributed by atoms with Gasteiger partial charge < -0.3 is 5.32 Å². The van der Waals surface area contributed by atoms with Crippen molar-refractivity contribution in [1.29, 1.82) is 0 Å². The molecule has 0 atom stereocenters. The summed E-state index contributed by atoms with van der Waals surface area (Å²) >= 11 is 0. The van der Waals surface area contributed by atoms with Gasteiger partial charge in [-0.2, -0.15) is 0 Å². The minimum Gasteiger partial charge on any atom is -0.310 e. The van der Waals surface area contributed by atoms with E-state index in [4.69, 9.17) is 0 Å². The summed E-state index contributed by atoms with van der Waals surface area (Å²) in [6, 6.07) is 10.1. The van der Waals surface area contributed by atoms with Gasteiger partial charge in [0.2, 0.25) is 0 Å². The maximum Gasteiger partial charge on any atom is 0.0236 e. The third-order valence-electron chi connectivity index (χ3n) is 3.26. The van der Waals surface area contributed by atoms with E-state index >= 15 is 0 Å². The summed E-state index contributed by atoms with van der Waals surface area (Å²) in [5.41, 5.74) is 2.76. The van der Waals surface area contributed by atoms with E-state index in [1.54, 1.807) is 0 Å². The van der Waals surface area contributed by atoms with Crippen LogP contribution < -0.4 is 5.32 Å². The molecule has 0 aliphatic rings. The summed E-state index contributed by atoms with van der Waals surface area (Å²) in [5.74, 6) is 0. The van der Waals surface area contributed by atoms with Crippen LogP contribution in [0.25, 0.3) is 0 Å². The Morgan fingerprint density at radius 2 is 1.56 bits per heavy atom. The van der Waals surface area contributed by atoms with E-state index in [2.05, 4.69) is 69.1 Å². The van der Waals surface area contributed by atoms with Gasteiger partial charge in [-0.05, 0) is 31.5 Å². The Morgan fingerprint density at radius 1 is 1.00 bits per heavy atom. The number of hydrogen-bond acceptors (Lipinski definition) is 2. The molecule has 1 rings (SSSR count). The molecule has 0 radical (unpaired) electrons. The van der Waals surface area contributed by atoms with Gasteiger partial charge in [-0.25, -0.2) is 0 Å². The second kappa shape index (κ2) is 7.55. The summed E-state index contributed by atoms with van der Waals surface area (Å²) in [6.07, 6.45) is 0. The molecule has 0 fully saturated rings. The second-order valence-corrected chi connectivity index (χ2v) is 5.51. The van der Waals surface area contributed by atoms with Gasteiger partial charge in [-0.1, -0.05) is 45.0 Å². The first-order valence-electron chi connectivity index (χ1n) is 7.08. The molecule has 18 heavy (non-hydrogen) atoms. The minimum atomic E-state index is 0.543. The average molecular weight is 248 g/mol. The van der Waals surface area contributed by atoms with Crippen molar-refractivity contribution in [3.63, 3.8) is 0 Å². The van der Waals surface area contributed by atoms with Gasteiger partial charge in [-0.3, -0.25) is 4.90 Å². The third kappa shape index (κ3) is 5.19. The van der Waals surface area contributed by atoms with E-state index in [1.807, 2.05) is 0 Å². The Morgan fingerprint density at radius 3 is 2.00 bits per heavy atom. The van der Waals surface area contributed by atoms with Crippen molar-refractivity contribution >= 4 is 0 Å². The van der Waals surface area contributed by atoms with Crippen LogP contribution in [0.15, 0.2) is 24.3 Å². The first kappa shape index (κ1) is 15.2. The lowest BCUT2D eigenvalue weighted by molar-refractivity contribution is 0.225. The van der Waals surface area contributed by atoms with Crippen LogP contribution in [-0.2, 0) is 13.1 Å². The Hall–Kier alpha value is -0.860. The number of rotatable bonds is 7. The van der Waals surface area contributed by atoms with Gasteiger partial charge in [0, 0.05) is 25.2 Å². The van der Waals surface area contributed by atoms with Crippen molar-refractivity contribution in [3.05, 3.63) is 35.4 Å². The molecule has 1 aromatic carbocycles. The van der Waals surface area contributed by atoms with Gasteiger partial charge in [0.1, 0.15) is 0 Å². The summed E-state index contributed by atoms with van der Waals surface area (Å²) < 4.78 is 0. The Labute approximate surface area is 112 Å². The normalized spacial score (nSPS) is 11.8. The van der Waals surface area contributed by atoms with E-state index < -0.39 is 0 Å². The highest BCUT2D eigenvalue weighted by Gasteiger charge is 2.07. The van der Waals surface area contributed by atoms with Gasteiger partial charge in [0.05, 0.1) is 0 Å². The lowest BCUT2D eigenvalue weighted by atomic mass is 10.1. The molecule has 0 aliphatic carbocycles. The zero-order valence-electron chi connectivity index (χ0n) is 12.5. The van der Waals surface area contributed by atoms with E-state index in [1.165, 1.54) is 11.1 Å². The Kier molecular flexibility index (Phi) is 6.37. The lowest BCUT2D eigenvalue weighted by Gasteiger charge is -2.24. The number of nitrogens with one attached hydrogen (secondary N) is 1. The average Bonchev–Trinajstić information content (AvgIpc) is 2.34. The first-order valence-corrected chi connectivity index (χ1v) is 7.08. The lowest BCUT2D eigenvalue weighted by Crippen LogP contribution is -2.29. The molecule has 0 heterocycles. The van der Waals surface area contributed by atoms with E-state index in [-0.39, 0.29) is 0 Å². The number of benzene rings is 1. The highest BCUT2D eigenvalue weighted by Crippen LogP contribution is 2.10. The molecule has 0 spiro atoms. The molecule has 1 aromatic rings. The molecule has 0 aliphatic heterocycles. The third-order valence-corrected chi connectivity index (χ3v) is 3.26. The molecule has 0 unspecified atom stereocenters. The topological polar surface area (TPSA) is 15.3 Å². The van der Waals surface area contributed by atoms with Crippen molar-refractivity contribution < 1.29 is 0 Å². The van der Waals surface area contributed by atoms with Crippen molar-refractivity contribution in [2.24, 2.45) is 0 Å². The molecule has 0 bridgehead atoms.